The number of benzene rings is 2. The van der Waals surface area contributed by atoms with E-state index in [2.05, 4.69) is 42.5 Å². The molecule has 0 spiro atoms. The minimum Gasteiger partial charge on any atom is -0.495 e. The van der Waals surface area contributed by atoms with Crippen molar-refractivity contribution < 1.29 is 5.11 Å². The summed E-state index contributed by atoms with van der Waals surface area (Å²) in [4.78, 5) is 13.4. The van der Waals surface area contributed by atoms with E-state index in [0.29, 0.717) is 5.70 Å². The quantitative estimate of drug-likeness (QED) is 0.250. The molecule has 0 radical (unpaired) electrons. The molecule has 208 valence electrons. The Kier molecular flexibility index (Phi) is 12.1. The van der Waals surface area contributed by atoms with E-state index >= 15 is 0 Å². The second kappa shape index (κ2) is 16.0. The van der Waals surface area contributed by atoms with Gasteiger partial charge in [-0.2, -0.15) is 0 Å². The second-order valence-electron chi connectivity index (χ2n) is 8.80. The molecule has 2 aliphatic heterocycles. The first-order chi connectivity index (χ1) is 19.1. The molecule has 5 rings (SSSR count). The summed E-state index contributed by atoms with van der Waals surface area (Å²) in [5.74, 6) is 0.762. The van der Waals surface area contributed by atoms with Crippen molar-refractivity contribution in [1.82, 2.24) is 25.5 Å². The van der Waals surface area contributed by atoms with Gasteiger partial charge in [-0.1, -0.05) is 74.5 Å². The van der Waals surface area contributed by atoms with Crippen LogP contribution in [0.15, 0.2) is 90.7 Å². The smallest absolute Gasteiger partial charge is 0.183 e. The molecule has 0 amide bonds. The fourth-order valence-electron chi connectivity index (χ4n) is 4.39. The van der Waals surface area contributed by atoms with Crippen LogP contribution in [0, 0.1) is 0 Å². The molecule has 2 fully saturated rings. The molecule has 3 aromatic rings. The van der Waals surface area contributed by atoms with Gasteiger partial charge in [0.25, 0.3) is 0 Å². The summed E-state index contributed by atoms with van der Waals surface area (Å²) < 4.78 is 0. The van der Waals surface area contributed by atoms with Crippen molar-refractivity contribution in [1.29, 1.82) is 0 Å². The SMILES string of the molecule is CC.N/C(O)=C\C(=C(/N)c1ccccc1)N1CCNCC1.c1ccc(-c2nccnc2N2CCNCC2)cc1. The van der Waals surface area contributed by atoms with E-state index in [1.54, 1.807) is 12.4 Å². The van der Waals surface area contributed by atoms with E-state index in [-0.39, 0.29) is 5.88 Å². The zero-order chi connectivity index (χ0) is 27.9. The van der Waals surface area contributed by atoms with Crippen molar-refractivity contribution in [3.63, 3.8) is 0 Å². The molecular formula is C30H42N8O. The summed E-state index contributed by atoms with van der Waals surface area (Å²) in [5, 5.41) is 16.0. The van der Waals surface area contributed by atoms with Gasteiger partial charge in [0, 0.05) is 76.4 Å². The Labute approximate surface area is 232 Å². The van der Waals surface area contributed by atoms with Gasteiger partial charge < -0.3 is 37.0 Å². The molecule has 3 heterocycles. The van der Waals surface area contributed by atoms with E-state index < -0.39 is 0 Å². The molecule has 2 aromatic carbocycles. The molecule has 0 saturated carbocycles. The van der Waals surface area contributed by atoms with E-state index in [1.807, 2.05) is 62.4 Å². The fourth-order valence-corrected chi connectivity index (χ4v) is 4.39. The van der Waals surface area contributed by atoms with Crippen molar-refractivity contribution in [2.75, 3.05) is 57.3 Å². The van der Waals surface area contributed by atoms with Gasteiger partial charge in [0.15, 0.2) is 11.7 Å². The van der Waals surface area contributed by atoms with Crippen molar-refractivity contribution in [2.45, 2.75) is 13.8 Å². The molecule has 0 bridgehead atoms. The highest BCUT2D eigenvalue weighted by Crippen LogP contribution is 2.26. The maximum absolute atomic E-state index is 9.36. The first-order valence-electron chi connectivity index (χ1n) is 13.6. The number of hydrogen-bond acceptors (Lipinski definition) is 9. The highest BCUT2D eigenvalue weighted by molar-refractivity contribution is 5.72. The van der Waals surface area contributed by atoms with E-state index in [0.717, 1.165) is 80.7 Å². The zero-order valence-electron chi connectivity index (χ0n) is 23.1. The maximum atomic E-state index is 9.36. The fraction of sp³-hybridized carbons (Fsp3) is 0.333. The number of aliphatic hydroxyl groups is 1. The maximum Gasteiger partial charge on any atom is 0.183 e. The van der Waals surface area contributed by atoms with Gasteiger partial charge in [-0.15, -0.1) is 0 Å². The van der Waals surface area contributed by atoms with Gasteiger partial charge in [0.1, 0.15) is 5.69 Å². The van der Waals surface area contributed by atoms with Gasteiger partial charge in [0.05, 0.1) is 11.4 Å². The predicted octanol–water partition coefficient (Wildman–Crippen LogP) is 3.16. The van der Waals surface area contributed by atoms with E-state index in [4.69, 9.17) is 11.5 Å². The van der Waals surface area contributed by atoms with Crippen LogP contribution in [0.2, 0.25) is 0 Å². The van der Waals surface area contributed by atoms with Crippen LogP contribution in [0.4, 0.5) is 5.82 Å². The summed E-state index contributed by atoms with van der Waals surface area (Å²) >= 11 is 0. The van der Waals surface area contributed by atoms with Crippen LogP contribution in [-0.2, 0) is 0 Å². The minimum absolute atomic E-state index is 0.229. The third kappa shape index (κ3) is 8.73. The predicted molar refractivity (Wildman–Crippen MR) is 161 cm³/mol. The summed E-state index contributed by atoms with van der Waals surface area (Å²) in [6.07, 6.45) is 5.05. The largest absolute Gasteiger partial charge is 0.495 e. The Hall–Kier alpha value is -4.08. The van der Waals surface area contributed by atoms with Gasteiger partial charge >= 0.3 is 0 Å². The third-order valence-electron chi connectivity index (χ3n) is 6.25. The molecule has 0 aliphatic carbocycles. The number of rotatable bonds is 5. The average Bonchev–Trinajstić information content (AvgIpc) is 3.02. The van der Waals surface area contributed by atoms with Crippen molar-refractivity contribution in [2.24, 2.45) is 11.5 Å². The topological polar surface area (TPSA) is 129 Å². The van der Waals surface area contributed by atoms with E-state index in [9.17, 15) is 5.11 Å². The Bertz CT molecular complexity index is 1170. The average molecular weight is 531 g/mol. The number of nitrogens with one attached hydrogen (secondary N) is 2. The van der Waals surface area contributed by atoms with Crippen LogP contribution in [0.1, 0.15) is 19.4 Å². The third-order valence-corrected chi connectivity index (χ3v) is 6.25. The van der Waals surface area contributed by atoms with Crippen LogP contribution < -0.4 is 27.0 Å². The number of anilines is 1. The van der Waals surface area contributed by atoms with Crippen LogP contribution >= 0.6 is 0 Å². The molecule has 2 aliphatic rings. The summed E-state index contributed by atoms with van der Waals surface area (Å²) in [7, 11) is 0. The monoisotopic (exact) mass is 530 g/mol. The summed E-state index contributed by atoms with van der Waals surface area (Å²) in [6, 6.07) is 19.9. The van der Waals surface area contributed by atoms with Crippen LogP contribution in [-0.4, -0.2) is 72.3 Å². The lowest BCUT2D eigenvalue weighted by atomic mass is 10.1. The highest BCUT2D eigenvalue weighted by atomic mass is 16.3. The molecule has 39 heavy (non-hydrogen) atoms. The molecule has 9 nitrogen and oxygen atoms in total. The molecule has 2 saturated heterocycles. The van der Waals surface area contributed by atoms with Crippen molar-refractivity contribution in [3.8, 4) is 11.3 Å². The van der Waals surface area contributed by atoms with Gasteiger partial charge in [0.2, 0.25) is 0 Å². The number of nitrogens with two attached hydrogens (primary N) is 2. The zero-order valence-corrected chi connectivity index (χ0v) is 23.1. The van der Waals surface area contributed by atoms with Gasteiger partial charge in [-0.25, -0.2) is 4.98 Å². The van der Waals surface area contributed by atoms with Crippen LogP contribution in [0.25, 0.3) is 17.0 Å². The number of hydrogen-bond donors (Lipinski definition) is 5. The Morgan fingerprint density at radius 3 is 1.92 bits per heavy atom. The first kappa shape index (κ1) is 29.5. The second-order valence-corrected chi connectivity index (χ2v) is 8.80. The molecule has 0 atom stereocenters. The Balaban J connectivity index is 0.000000203. The number of aromatic nitrogens is 2. The van der Waals surface area contributed by atoms with Crippen molar-refractivity contribution >= 4 is 11.5 Å². The van der Waals surface area contributed by atoms with Gasteiger partial charge in [-0.05, 0) is 5.56 Å². The molecule has 7 N–H and O–H groups in total. The van der Waals surface area contributed by atoms with Crippen LogP contribution in [0.3, 0.4) is 0 Å². The lowest BCUT2D eigenvalue weighted by molar-refractivity contribution is 0.305. The van der Waals surface area contributed by atoms with Gasteiger partial charge in [-0.3, -0.25) is 4.98 Å². The standard InChI is InChI=1S/C14H20N4O.C14H16N4.C2H6/c15-13(19)10-12(18-8-6-17-7-9-18)14(16)11-4-2-1-3-5-11;1-2-4-12(5-3-1)13-14(17-7-6-16-13)18-10-8-15-9-11-18;1-2/h1-5,10,17,19H,6-9,15-16H2;1-7,15H,8-11H2;1-2H3/b13-10+,14-12+;;. The lowest BCUT2D eigenvalue weighted by Crippen LogP contribution is -2.44. The Morgan fingerprint density at radius 2 is 1.33 bits per heavy atom. The summed E-state index contributed by atoms with van der Waals surface area (Å²) in [6.45, 7) is 11.4. The molecule has 1 aromatic heterocycles. The Morgan fingerprint density at radius 1 is 0.795 bits per heavy atom. The minimum atomic E-state index is -0.229. The summed E-state index contributed by atoms with van der Waals surface area (Å²) in [5.41, 5.74) is 16.0. The molecule has 9 heteroatoms. The number of nitrogens with zero attached hydrogens (tertiary/aromatic N) is 4. The van der Waals surface area contributed by atoms with E-state index in [1.165, 1.54) is 6.08 Å². The van der Waals surface area contributed by atoms with Crippen molar-refractivity contribution in [3.05, 3.63) is 96.3 Å². The molecule has 0 unspecified atom stereocenters. The van der Waals surface area contributed by atoms with Crippen LogP contribution in [0.5, 0.6) is 0 Å². The highest BCUT2D eigenvalue weighted by Gasteiger charge is 2.17. The lowest BCUT2D eigenvalue weighted by Gasteiger charge is -2.31. The first-order valence-corrected chi connectivity index (χ1v) is 13.6. The number of allylic oxidation sites excluding steroid dienone is 1. The number of piperazine rings is 2. The molecular weight excluding hydrogens is 488 g/mol. The normalized spacial score (nSPS) is 16.2. The number of aliphatic hydroxyl groups excluding tert-OH is 1.